The second kappa shape index (κ2) is 5.40. The molecule has 0 aliphatic rings. The summed E-state index contributed by atoms with van der Waals surface area (Å²) in [5.74, 6) is -0.156. The summed E-state index contributed by atoms with van der Waals surface area (Å²) in [7, 11) is 4.87. The molecule has 0 rings (SSSR count). The smallest absolute Gasteiger partial charge is 0.319 e. The highest BCUT2D eigenvalue weighted by Crippen LogP contribution is 1.93. The number of hydrogen-bond acceptors (Lipinski definition) is 2. The first-order valence-corrected chi connectivity index (χ1v) is 4.19. The van der Waals surface area contributed by atoms with Crippen molar-refractivity contribution in [2.24, 2.45) is 0 Å². The van der Waals surface area contributed by atoms with Gasteiger partial charge >= 0.3 is 6.03 Å². The Morgan fingerprint density at radius 3 is 2.15 bits per heavy atom. The highest BCUT2D eigenvalue weighted by Gasteiger charge is 2.15. The van der Waals surface area contributed by atoms with Gasteiger partial charge in [0, 0.05) is 27.7 Å². The van der Waals surface area contributed by atoms with E-state index in [1.807, 2.05) is 6.92 Å². The molecule has 5 heteroatoms. The molecule has 0 fully saturated rings. The van der Waals surface area contributed by atoms with Crippen molar-refractivity contribution in [2.45, 2.75) is 6.92 Å². The fraction of sp³-hybridized carbons (Fsp3) is 0.750. The Morgan fingerprint density at radius 1 is 1.31 bits per heavy atom. The maximum Gasteiger partial charge on any atom is 0.319 e. The highest BCUT2D eigenvalue weighted by atomic mass is 16.2. The third-order valence-electron chi connectivity index (χ3n) is 1.65. The molecule has 13 heavy (non-hydrogen) atoms. The molecule has 0 bridgehead atoms. The normalized spacial score (nSPS) is 9.23. The van der Waals surface area contributed by atoms with E-state index in [1.165, 1.54) is 9.80 Å². The number of rotatable bonds is 3. The van der Waals surface area contributed by atoms with Gasteiger partial charge in [0.05, 0.1) is 0 Å². The molecule has 0 heterocycles. The Labute approximate surface area is 78.7 Å². The minimum Gasteiger partial charge on any atom is -0.358 e. The molecule has 0 saturated heterocycles. The summed E-state index contributed by atoms with van der Waals surface area (Å²) < 4.78 is 0. The molecule has 0 aromatic rings. The van der Waals surface area contributed by atoms with Crippen LogP contribution >= 0.6 is 0 Å². The fourth-order valence-corrected chi connectivity index (χ4v) is 0.850. The number of hydrogen-bond donors (Lipinski definition) is 1. The van der Waals surface area contributed by atoms with Crippen molar-refractivity contribution in [3.8, 4) is 0 Å². The first kappa shape index (κ1) is 11.7. The standard InChI is InChI=1S/C8H17N3O2/c1-5-11(6-7(12)9-2)8(13)10(3)4/h5-6H2,1-4H3,(H,9,12). The first-order chi connectivity index (χ1) is 6.02. The molecule has 0 aromatic heterocycles. The van der Waals surface area contributed by atoms with Crippen LogP contribution in [-0.2, 0) is 4.79 Å². The van der Waals surface area contributed by atoms with Gasteiger partial charge in [-0.25, -0.2) is 4.79 Å². The van der Waals surface area contributed by atoms with E-state index in [4.69, 9.17) is 0 Å². The van der Waals surface area contributed by atoms with Gasteiger partial charge in [0.15, 0.2) is 0 Å². The van der Waals surface area contributed by atoms with Gasteiger partial charge in [-0.2, -0.15) is 0 Å². The summed E-state index contributed by atoms with van der Waals surface area (Å²) in [6.45, 7) is 2.48. The van der Waals surface area contributed by atoms with Crippen LogP contribution in [-0.4, -0.2) is 56.0 Å². The van der Waals surface area contributed by atoms with E-state index < -0.39 is 0 Å². The Balaban J connectivity index is 4.18. The molecule has 3 amide bonds. The summed E-state index contributed by atoms with van der Waals surface area (Å²) in [6.07, 6.45) is 0. The van der Waals surface area contributed by atoms with Crippen molar-refractivity contribution >= 4 is 11.9 Å². The molecule has 0 aromatic carbocycles. The molecular weight excluding hydrogens is 170 g/mol. The summed E-state index contributed by atoms with van der Waals surface area (Å²) in [4.78, 5) is 25.3. The van der Waals surface area contributed by atoms with Gasteiger partial charge in [0.1, 0.15) is 6.54 Å². The third-order valence-corrected chi connectivity index (χ3v) is 1.65. The van der Waals surface area contributed by atoms with Crippen LogP contribution in [0.3, 0.4) is 0 Å². The maximum absolute atomic E-state index is 11.4. The van der Waals surface area contributed by atoms with Crippen molar-refractivity contribution < 1.29 is 9.59 Å². The van der Waals surface area contributed by atoms with Crippen LogP contribution < -0.4 is 5.32 Å². The van der Waals surface area contributed by atoms with Crippen molar-refractivity contribution in [3.63, 3.8) is 0 Å². The SMILES string of the molecule is CCN(CC(=O)NC)C(=O)N(C)C. The van der Waals surface area contributed by atoms with E-state index in [0.717, 1.165) is 0 Å². The van der Waals surface area contributed by atoms with Gasteiger partial charge in [-0.1, -0.05) is 0 Å². The third kappa shape index (κ3) is 3.78. The van der Waals surface area contributed by atoms with Crippen LogP contribution in [0.15, 0.2) is 0 Å². The van der Waals surface area contributed by atoms with E-state index in [9.17, 15) is 9.59 Å². The van der Waals surface area contributed by atoms with E-state index in [2.05, 4.69) is 5.32 Å². The lowest BCUT2D eigenvalue weighted by atomic mass is 10.5. The summed E-state index contributed by atoms with van der Waals surface area (Å²) in [5, 5.41) is 2.47. The van der Waals surface area contributed by atoms with Crippen molar-refractivity contribution in [3.05, 3.63) is 0 Å². The summed E-state index contributed by atoms with van der Waals surface area (Å²) >= 11 is 0. The topological polar surface area (TPSA) is 52.7 Å². The average molecular weight is 187 g/mol. The van der Waals surface area contributed by atoms with E-state index >= 15 is 0 Å². The molecule has 0 atom stereocenters. The van der Waals surface area contributed by atoms with Crippen LogP contribution in [0, 0.1) is 0 Å². The van der Waals surface area contributed by atoms with Gasteiger partial charge in [0.2, 0.25) is 5.91 Å². The van der Waals surface area contributed by atoms with Gasteiger partial charge in [-0.05, 0) is 6.92 Å². The molecule has 76 valence electrons. The van der Waals surface area contributed by atoms with Crippen molar-refractivity contribution in [2.75, 3.05) is 34.2 Å². The Bertz CT molecular complexity index is 192. The van der Waals surface area contributed by atoms with Crippen LogP contribution in [0.25, 0.3) is 0 Å². The summed E-state index contributed by atoms with van der Waals surface area (Å²) in [5.41, 5.74) is 0. The molecule has 0 aliphatic heterocycles. The lowest BCUT2D eigenvalue weighted by Crippen LogP contribution is -2.44. The Kier molecular flexibility index (Phi) is 4.87. The molecular formula is C8H17N3O2. The van der Waals surface area contributed by atoms with Crippen molar-refractivity contribution in [1.82, 2.24) is 15.1 Å². The zero-order chi connectivity index (χ0) is 10.4. The molecule has 0 radical (unpaired) electrons. The predicted octanol–water partition coefficient (Wildman–Crippen LogP) is -0.264. The number of likely N-dealkylation sites (N-methyl/N-ethyl adjacent to an activating group) is 2. The van der Waals surface area contributed by atoms with Crippen LogP contribution in [0.1, 0.15) is 6.92 Å². The van der Waals surface area contributed by atoms with Gasteiger partial charge in [0.25, 0.3) is 0 Å². The van der Waals surface area contributed by atoms with Crippen molar-refractivity contribution in [1.29, 1.82) is 0 Å². The van der Waals surface area contributed by atoms with E-state index in [-0.39, 0.29) is 18.5 Å². The number of amides is 3. The number of nitrogens with zero attached hydrogens (tertiary/aromatic N) is 2. The largest absolute Gasteiger partial charge is 0.358 e. The maximum atomic E-state index is 11.4. The Hall–Kier alpha value is -1.26. The predicted molar refractivity (Wildman–Crippen MR) is 50.4 cm³/mol. The number of carbonyl (C=O) groups excluding carboxylic acids is 2. The fourth-order valence-electron chi connectivity index (χ4n) is 0.850. The molecule has 1 N–H and O–H groups in total. The van der Waals surface area contributed by atoms with Crippen LogP contribution in [0.5, 0.6) is 0 Å². The highest BCUT2D eigenvalue weighted by molar-refractivity contribution is 5.83. The number of urea groups is 1. The van der Waals surface area contributed by atoms with Crippen LogP contribution in [0.4, 0.5) is 4.79 Å². The quantitative estimate of drug-likeness (QED) is 0.661. The minimum atomic E-state index is -0.156. The average Bonchev–Trinajstić information content (AvgIpc) is 2.12. The van der Waals surface area contributed by atoms with E-state index in [1.54, 1.807) is 21.1 Å². The molecule has 5 nitrogen and oxygen atoms in total. The second-order valence-corrected chi connectivity index (χ2v) is 2.86. The zero-order valence-electron chi connectivity index (χ0n) is 8.63. The molecule has 0 spiro atoms. The van der Waals surface area contributed by atoms with E-state index in [0.29, 0.717) is 6.54 Å². The lowest BCUT2D eigenvalue weighted by molar-refractivity contribution is -0.121. The molecule has 0 saturated carbocycles. The van der Waals surface area contributed by atoms with Crippen LogP contribution in [0.2, 0.25) is 0 Å². The van der Waals surface area contributed by atoms with Gasteiger partial charge < -0.3 is 15.1 Å². The minimum absolute atomic E-state index is 0.115. The lowest BCUT2D eigenvalue weighted by Gasteiger charge is -2.23. The second-order valence-electron chi connectivity index (χ2n) is 2.86. The number of nitrogens with one attached hydrogen (secondary N) is 1. The molecule has 0 aliphatic carbocycles. The summed E-state index contributed by atoms with van der Waals surface area (Å²) in [6, 6.07) is -0.147. The van der Waals surface area contributed by atoms with Gasteiger partial charge in [-0.15, -0.1) is 0 Å². The van der Waals surface area contributed by atoms with Gasteiger partial charge in [-0.3, -0.25) is 4.79 Å². The Morgan fingerprint density at radius 2 is 1.85 bits per heavy atom. The first-order valence-electron chi connectivity index (χ1n) is 4.19. The molecule has 0 unspecified atom stereocenters. The zero-order valence-corrected chi connectivity index (χ0v) is 8.63. The monoisotopic (exact) mass is 187 g/mol. The number of carbonyl (C=O) groups is 2.